The predicted molar refractivity (Wildman–Crippen MR) is 61.0 cm³/mol. The summed E-state index contributed by atoms with van der Waals surface area (Å²) in [6, 6.07) is -0.0127. The molecule has 3 N–H and O–H groups in total. The summed E-state index contributed by atoms with van der Waals surface area (Å²) in [6.45, 7) is 5.34. The Labute approximate surface area is 96.7 Å². The lowest BCUT2D eigenvalue weighted by Crippen LogP contribution is -2.43. The number of carbonyl (C=O) groups is 1. The van der Waals surface area contributed by atoms with E-state index in [9.17, 15) is 4.79 Å². The molecule has 16 heavy (non-hydrogen) atoms. The Bertz CT molecular complexity index is 217. The standard InChI is InChI=1S/C11H22N2O3/c1-8(6-12)13-11(14)9(2)16-7-10-4-3-5-15-10/h8-10H,3-7,12H2,1-2H3,(H,13,14)/t8-,9?,10?/m0/s1. The summed E-state index contributed by atoms with van der Waals surface area (Å²) in [7, 11) is 0. The Balaban J connectivity index is 2.17. The molecule has 1 heterocycles. The highest BCUT2D eigenvalue weighted by Gasteiger charge is 2.20. The molecule has 5 heteroatoms. The van der Waals surface area contributed by atoms with E-state index in [2.05, 4.69) is 5.32 Å². The van der Waals surface area contributed by atoms with Crippen LogP contribution in [0.15, 0.2) is 0 Å². The van der Waals surface area contributed by atoms with E-state index in [0.717, 1.165) is 19.4 Å². The van der Waals surface area contributed by atoms with Crippen LogP contribution in [0.4, 0.5) is 0 Å². The molecule has 1 amide bonds. The second kappa shape index (κ2) is 6.83. The van der Waals surface area contributed by atoms with E-state index < -0.39 is 6.10 Å². The van der Waals surface area contributed by atoms with Crippen molar-refractivity contribution in [3.05, 3.63) is 0 Å². The Kier molecular flexibility index (Phi) is 5.73. The van der Waals surface area contributed by atoms with Crippen molar-refractivity contribution in [1.29, 1.82) is 0 Å². The summed E-state index contributed by atoms with van der Waals surface area (Å²) in [6.07, 6.45) is 1.81. The van der Waals surface area contributed by atoms with Crippen LogP contribution in [0, 0.1) is 0 Å². The summed E-state index contributed by atoms with van der Waals surface area (Å²) in [4.78, 5) is 11.6. The molecule has 0 spiro atoms. The van der Waals surface area contributed by atoms with Crippen LogP contribution >= 0.6 is 0 Å². The SMILES string of the molecule is CC(OCC1CCCO1)C(=O)N[C@@H](C)CN. The van der Waals surface area contributed by atoms with E-state index in [0.29, 0.717) is 13.2 Å². The molecule has 3 atom stereocenters. The quantitative estimate of drug-likeness (QED) is 0.675. The van der Waals surface area contributed by atoms with Gasteiger partial charge in [0.05, 0.1) is 12.7 Å². The molecule has 0 bridgehead atoms. The topological polar surface area (TPSA) is 73.6 Å². The fraction of sp³-hybridized carbons (Fsp3) is 0.909. The Morgan fingerprint density at radius 3 is 2.94 bits per heavy atom. The molecule has 0 saturated carbocycles. The summed E-state index contributed by atoms with van der Waals surface area (Å²) in [5, 5.41) is 2.77. The van der Waals surface area contributed by atoms with Gasteiger partial charge in [0.25, 0.3) is 0 Å². The zero-order chi connectivity index (χ0) is 12.0. The van der Waals surface area contributed by atoms with Crippen molar-refractivity contribution in [2.75, 3.05) is 19.8 Å². The lowest BCUT2D eigenvalue weighted by atomic mass is 10.2. The maximum Gasteiger partial charge on any atom is 0.249 e. The third-order valence-electron chi connectivity index (χ3n) is 2.67. The highest BCUT2D eigenvalue weighted by molar-refractivity contribution is 5.80. The third kappa shape index (κ3) is 4.47. The Morgan fingerprint density at radius 1 is 1.62 bits per heavy atom. The zero-order valence-corrected chi connectivity index (χ0v) is 10.1. The van der Waals surface area contributed by atoms with Gasteiger partial charge in [0, 0.05) is 19.2 Å². The predicted octanol–water partition coefficient (Wildman–Crippen LogP) is 0.0339. The normalized spacial score (nSPS) is 24.1. The minimum Gasteiger partial charge on any atom is -0.376 e. The van der Waals surface area contributed by atoms with Gasteiger partial charge in [-0.3, -0.25) is 4.79 Å². The molecular weight excluding hydrogens is 208 g/mol. The minimum atomic E-state index is -0.446. The highest BCUT2D eigenvalue weighted by atomic mass is 16.5. The third-order valence-corrected chi connectivity index (χ3v) is 2.67. The van der Waals surface area contributed by atoms with E-state index >= 15 is 0 Å². The van der Waals surface area contributed by atoms with Crippen molar-refractivity contribution >= 4 is 5.91 Å². The van der Waals surface area contributed by atoms with E-state index in [4.69, 9.17) is 15.2 Å². The van der Waals surface area contributed by atoms with Gasteiger partial charge in [-0.1, -0.05) is 0 Å². The number of nitrogens with one attached hydrogen (secondary N) is 1. The van der Waals surface area contributed by atoms with Crippen molar-refractivity contribution in [2.45, 2.75) is 44.9 Å². The van der Waals surface area contributed by atoms with Gasteiger partial charge >= 0.3 is 0 Å². The number of ether oxygens (including phenoxy) is 2. The first-order valence-corrected chi connectivity index (χ1v) is 5.87. The van der Waals surface area contributed by atoms with Crippen LogP contribution in [0.5, 0.6) is 0 Å². The maximum absolute atomic E-state index is 11.6. The number of nitrogens with two attached hydrogens (primary N) is 1. The first kappa shape index (κ1) is 13.4. The molecule has 0 radical (unpaired) electrons. The van der Waals surface area contributed by atoms with Gasteiger partial charge in [0.1, 0.15) is 6.10 Å². The van der Waals surface area contributed by atoms with Crippen LogP contribution in [-0.4, -0.2) is 43.9 Å². The molecule has 0 aromatic heterocycles. The maximum atomic E-state index is 11.6. The van der Waals surface area contributed by atoms with Crippen molar-refractivity contribution in [1.82, 2.24) is 5.32 Å². The first-order chi connectivity index (χ1) is 7.63. The van der Waals surface area contributed by atoms with Crippen LogP contribution in [-0.2, 0) is 14.3 Å². The van der Waals surface area contributed by atoms with E-state index in [1.54, 1.807) is 6.92 Å². The lowest BCUT2D eigenvalue weighted by molar-refractivity contribution is -0.134. The van der Waals surface area contributed by atoms with Crippen molar-refractivity contribution in [3.8, 4) is 0 Å². The number of rotatable bonds is 6. The van der Waals surface area contributed by atoms with Crippen LogP contribution in [0.2, 0.25) is 0 Å². The van der Waals surface area contributed by atoms with Gasteiger partial charge in [0.15, 0.2) is 0 Å². The van der Waals surface area contributed by atoms with E-state index in [1.165, 1.54) is 0 Å². The van der Waals surface area contributed by atoms with Crippen LogP contribution in [0.3, 0.4) is 0 Å². The minimum absolute atomic E-state index is 0.0127. The van der Waals surface area contributed by atoms with E-state index in [-0.39, 0.29) is 18.1 Å². The van der Waals surface area contributed by atoms with Crippen molar-refractivity contribution in [2.24, 2.45) is 5.73 Å². The molecule has 1 fully saturated rings. The summed E-state index contributed by atoms with van der Waals surface area (Å²) < 4.78 is 10.9. The van der Waals surface area contributed by atoms with Gasteiger partial charge in [-0.05, 0) is 26.7 Å². The van der Waals surface area contributed by atoms with Crippen LogP contribution in [0.1, 0.15) is 26.7 Å². The van der Waals surface area contributed by atoms with Gasteiger partial charge in [-0.15, -0.1) is 0 Å². The molecule has 1 saturated heterocycles. The molecule has 1 aliphatic rings. The fourth-order valence-corrected chi connectivity index (χ4v) is 1.52. The van der Waals surface area contributed by atoms with Crippen molar-refractivity contribution < 1.29 is 14.3 Å². The second-order valence-corrected chi connectivity index (χ2v) is 4.26. The molecule has 2 unspecified atom stereocenters. The Morgan fingerprint density at radius 2 is 2.38 bits per heavy atom. The van der Waals surface area contributed by atoms with Crippen LogP contribution in [0.25, 0.3) is 0 Å². The molecule has 1 rings (SSSR count). The monoisotopic (exact) mass is 230 g/mol. The fourth-order valence-electron chi connectivity index (χ4n) is 1.52. The second-order valence-electron chi connectivity index (χ2n) is 4.26. The molecular formula is C11H22N2O3. The zero-order valence-electron chi connectivity index (χ0n) is 10.1. The molecule has 1 aliphatic heterocycles. The molecule has 5 nitrogen and oxygen atoms in total. The number of hydrogen-bond acceptors (Lipinski definition) is 4. The molecule has 0 aromatic rings. The van der Waals surface area contributed by atoms with Gasteiger partial charge in [0.2, 0.25) is 5.91 Å². The summed E-state index contributed by atoms with van der Waals surface area (Å²) in [5.74, 6) is -0.115. The summed E-state index contributed by atoms with van der Waals surface area (Å²) >= 11 is 0. The highest BCUT2D eigenvalue weighted by Crippen LogP contribution is 2.12. The van der Waals surface area contributed by atoms with Gasteiger partial charge in [-0.2, -0.15) is 0 Å². The molecule has 0 aromatic carbocycles. The molecule has 0 aliphatic carbocycles. The Hall–Kier alpha value is -0.650. The first-order valence-electron chi connectivity index (χ1n) is 5.87. The van der Waals surface area contributed by atoms with Gasteiger partial charge in [-0.25, -0.2) is 0 Å². The van der Waals surface area contributed by atoms with Crippen LogP contribution < -0.4 is 11.1 Å². The average molecular weight is 230 g/mol. The smallest absolute Gasteiger partial charge is 0.249 e. The number of hydrogen-bond donors (Lipinski definition) is 2. The average Bonchev–Trinajstić information content (AvgIpc) is 2.78. The van der Waals surface area contributed by atoms with Gasteiger partial charge < -0.3 is 20.5 Å². The molecule has 94 valence electrons. The van der Waals surface area contributed by atoms with E-state index in [1.807, 2.05) is 6.92 Å². The largest absolute Gasteiger partial charge is 0.376 e. The summed E-state index contributed by atoms with van der Waals surface area (Å²) in [5.41, 5.74) is 5.42. The number of amides is 1. The van der Waals surface area contributed by atoms with Crippen molar-refractivity contribution in [3.63, 3.8) is 0 Å². The lowest BCUT2D eigenvalue weighted by Gasteiger charge is -2.18. The number of carbonyl (C=O) groups excluding carboxylic acids is 1.